The highest BCUT2D eigenvalue weighted by atomic mass is 35.5. The zero-order chi connectivity index (χ0) is 12.2. The van der Waals surface area contributed by atoms with Crippen LogP contribution >= 0.6 is 24.2 Å². The number of hydrogen-bond acceptors (Lipinski definition) is 2. The van der Waals surface area contributed by atoms with Gasteiger partial charge in [-0.1, -0.05) is 23.4 Å². The Morgan fingerprint density at radius 3 is 2.69 bits per heavy atom. The third-order valence-electron chi connectivity index (χ3n) is 1.63. The maximum absolute atomic E-state index is 12.3. The smallest absolute Gasteiger partial charge is 0.243 e. The van der Waals surface area contributed by atoms with E-state index in [1.807, 2.05) is 0 Å². The average molecular weight is 266 g/mol. The van der Waals surface area contributed by atoms with Crippen molar-refractivity contribution in [3.05, 3.63) is 28.5 Å². The van der Waals surface area contributed by atoms with E-state index in [9.17, 15) is 13.2 Å². The zero-order valence-corrected chi connectivity index (χ0v) is 9.63. The SMILES string of the molecule is FC(F)(F)c1cnc(Cl)c(C#CCCS)c1. The highest BCUT2D eigenvalue weighted by Crippen LogP contribution is 2.30. The maximum atomic E-state index is 12.3. The summed E-state index contributed by atoms with van der Waals surface area (Å²) >= 11 is 9.55. The average Bonchev–Trinajstić information content (AvgIpc) is 2.19. The van der Waals surface area contributed by atoms with Gasteiger partial charge >= 0.3 is 6.18 Å². The zero-order valence-electron chi connectivity index (χ0n) is 7.98. The summed E-state index contributed by atoms with van der Waals surface area (Å²) in [6, 6.07) is 0.890. The van der Waals surface area contributed by atoms with E-state index in [-0.39, 0.29) is 10.7 Å². The molecule has 0 unspecified atom stereocenters. The summed E-state index contributed by atoms with van der Waals surface area (Å²) in [6.45, 7) is 0. The molecule has 0 aliphatic carbocycles. The van der Waals surface area contributed by atoms with Crippen LogP contribution < -0.4 is 0 Å². The molecule has 1 rings (SSSR count). The van der Waals surface area contributed by atoms with E-state index in [4.69, 9.17) is 11.6 Å². The second-order valence-electron chi connectivity index (χ2n) is 2.84. The molecule has 0 radical (unpaired) electrons. The maximum Gasteiger partial charge on any atom is 0.417 e. The second-order valence-corrected chi connectivity index (χ2v) is 3.64. The first-order valence-electron chi connectivity index (χ1n) is 4.27. The van der Waals surface area contributed by atoms with Gasteiger partial charge in [0.25, 0.3) is 0 Å². The molecule has 0 saturated carbocycles. The molecule has 0 atom stereocenters. The summed E-state index contributed by atoms with van der Waals surface area (Å²) < 4.78 is 37.0. The van der Waals surface area contributed by atoms with E-state index in [1.165, 1.54) is 0 Å². The van der Waals surface area contributed by atoms with E-state index in [2.05, 4.69) is 29.5 Å². The van der Waals surface area contributed by atoms with Crippen molar-refractivity contribution in [1.29, 1.82) is 0 Å². The molecular formula is C10H7ClF3NS. The number of alkyl halides is 3. The first-order valence-corrected chi connectivity index (χ1v) is 5.28. The third-order valence-corrected chi connectivity index (χ3v) is 2.15. The van der Waals surface area contributed by atoms with Gasteiger partial charge in [-0.15, -0.1) is 0 Å². The van der Waals surface area contributed by atoms with Gasteiger partial charge in [-0.25, -0.2) is 4.98 Å². The van der Waals surface area contributed by atoms with Crippen molar-refractivity contribution in [1.82, 2.24) is 4.98 Å². The van der Waals surface area contributed by atoms with Crippen LogP contribution in [-0.4, -0.2) is 10.7 Å². The topological polar surface area (TPSA) is 12.9 Å². The van der Waals surface area contributed by atoms with Crippen LogP contribution in [0.5, 0.6) is 0 Å². The molecule has 1 aromatic rings. The highest BCUT2D eigenvalue weighted by molar-refractivity contribution is 7.80. The fraction of sp³-hybridized carbons (Fsp3) is 0.300. The molecule has 0 aromatic carbocycles. The quantitative estimate of drug-likeness (QED) is 0.466. The van der Waals surface area contributed by atoms with Gasteiger partial charge in [-0.2, -0.15) is 25.8 Å². The molecule has 0 spiro atoms. The summed E-state index contributed by atoms with van der Waals surface area (Å²) in [5, 5.41) is -0.0281. The van der Waals surface area contributed by atoms with E-state index in [0.717, 1.165) is 6.07 Å². The Labute approximate surface area is 101 Å². The van der Waals surface area contributed by atoms with E-state index in [1.54, 1.807) is 0 Å². The van der Waals surface area contributed by atoms with Crippen LogP contribution in [0.2, 0.25) is 5.15 Å². The molecule has 0 N–H and O–H groups in total. The molecule has 86 valence electrons. The number of aromatic nitrogens is 1. The molecule has 0 aliphatic rings. The Morgan fingerprint density at radius 2 is 2.12 bits per heavy atom. The lowest BCUT2D eigenvalue weighted by Gasteiger charge is -2.06. The molecule has 6 heteroatoms. The summed E-state index contributed by atoms with van der Waals surface area (Å²) in [4.78, 5) is 3.45. The van der Waals surface area contributed by atoms with Crippen LogP contribution in [0.15, 0.2) is 12.3 Å². The summed E-state index contributed by atoms with van der Waals surface area (Å²) in [7, 11) is 0. The molecular weight excluding hydrogens is 259 g/mol. The molecule has 0 amide bonds. The predicted octanol–water partition coefficient (Wildman–Crippen LogP) is 3.43. The molecule has 1 nitrogen and oxygen atoms in total. The predicted molar refractivity (Wildman–Crippen MR) is 59.6 cm³/mol. The monoisotopic (exact) mass is 265 g/mol. The van der Waals surface area contributed by atoms with E-state index < -0.39 is 11.7 Å². The fourth-order valence-electron chi connectivity index (χ4n) is 0.904. The lowest BCUT2D eigenvalue weighted by atomic mass is 10.2. The van der Waals surface area contributed by atoms with Gasteiger partial charge in [-0.05, 0) is 6.07 Å². The lowest BCUT2D eigenvalue weighted by Crippen LogP contribution is -2.06. The van der Waals surface area contributed by atoms with Crippen LogP contribution in [-0.2, 0) is 6.18 Å². The number of nitrogens with zero attached hydrogens (tertiary/aromatic N) is 1. The van der Waals surface area contributed by atoms with Crippen LogP contribution in [0.4, 0.5) is 13.2 Å². The lowest BCUT2D eigenvalue weighted by molar-refractivity contribution is -0.137. The van der Waals surface area contributed by atoms with Crippen molar-refractivity contribution in [3.8, 4) is 11.8 Å². The Bertz CT molecular complexity index is 434. The van der Waals surface area contributed by atoms with Gasteiger partial charge in [-0.3, -0.25) is 0 Å². The summed E-state index contributed by atoms with van der Waals surface area (Å²) in [5.74, 6) is 5.72. The van der Waals surface area contributed by atoms with Crippen molar-refractivity contribution in [2.45, 2.75) is 12.6 Å². The largest absolute Gasteiger partial charge is 0.417 e. The molecule has 0 bridgehead atoms. The molecule has 1 heterocycles. The van der Waals surface area contributed by atoms with Crippen molar-refractivity contribution in [3.63, 3.8) is 0 Å². The van der Waals surface area contributed by atoms with Crippen LogP contribution in [0, 0.1) is 11.8 Å². The van der Waals surface area contributed by atoms with Gasteiger partial charge in [0.2, 0.25) is 0 Å². The highest BCUT2D eigenvalue weighted by Gasteiger charge is 2.31. The third kappa shape index (κ3) is 3.62. The second kappa shape index (κ2) is 5.46. The first kappa shape index (κ1) is 13.2. The van der Waals surface area contributed by atoms with Gasteiger partial charge in [0.1, 0.15) is 5.15 Å². The Hall–Kier alpha value is -0.860. The Morgan fingerprint density at radius 1 is 1.44 bits per heavy atom. The number of rotatable bonds is 1. The molecule has 16 heavy (non-hydrogen) atoms. The normalized spacial score (nSPS) is 10.8. The number of hydrogen-bond donors (Lipinski definition) is 1. The van der Waals surface area contributed by atoms with E-state index >= 15 is 0 Å². The van der Waals surface area contributed by atoms with Crippen LogP contribution in [0.3, 0.4) is 0 Å². The molecule has 0 fully saturated rings. The molecule has 0 aliphatic heterocycles. The van der Waals surface area contributed by atoms with Crippen molar-refractivity contribution in [2.75, 3.05) is 5.75 Å². The van der Waals surface area contributed by atoms with Crippen LogP contribution in [0.25, 0.3) is 0 Å². The Balaban J connectivity index is 3.06. The molecule has 1 aromatic heterocycles. The Kier molecular flexibility index (Phi) is 4.51. The summed E-state index contributed by atoms with van der Waals surface area (Å²) in [6.07, 6.45) is -3.26. The van der Waals surface area contributed by atoms with Crippen molar-refractivity contribution < 1.29 is 13.2 Å². The fourth-order valence-corrected chi connectivity index (χ4v) is 1.17. The number of halogens is 4. The van der Waals surface area contributed by atoms with Crippen molar-refractivity contribution in [2.24, 2.45) is 0 Å². The van der Waals surface area contributed by atoms with Gasteiger partial charge in [0.05, 0.1) is 11.1 Å². The van der Waals surface area contributed by atoms with Gasteiger partial charge in [0, 0.05) is 18.4 Å². The van der Waals surface area contributed by atoms with Gasteiger partial charge in [0.15, 0.2) is 0 Å². The minimum atomic E-state index is -4.43. The van der Waals surface area contributed by atoms with Gasteiger partial charge < -0.3 is 0 Å². The minimum absolute atomic E-state index is 0.0281. The molecule has 0 saturated heterocycles. The van der Waals surface area contributed by atoms with Crippen molar-refractivity contribution >= 4 is 24.2 Å². The summed E-state index contributed by atoms with van der Waals surface area (Å²) in [5.41, 5.74) is -0.773. The first-order chi connectivity index (χ1) is 7.45. The number of thiol groups is 1. The van der Waals surface area contributed by atoms with Crippen LogP contribution in [0.1, 0.15) is 17.5 Å². The standard InChI is InChI=1S/C10H7ClF3NS/c11-9-7(3-1-2-4-16)5-8(6-15-9)10(12,13)14/h5-6,16H,2,4H2. The minimum Gasteiger partial charge on any atom is -0.243 e. The van der Waals surface area contributed by atoms with E-state index in [0.29, 0.717) is 18.4 Å². The number of pyridine rings is 1.